The van der Waals surface area contributed by atoms with E-state index in [1.165, 1.54) is 24.7 Å². The Morgan fingerprint density at radius 1 is 0.953 bits per heavy atom. The fraction of sp³-hybridized carbons (Fsp3) is 0.0625. The first-order valence-electron chi connectivity index (χ1n) is 13.0. The van der Waals surface area contributed by atoms with Crippen LogP contribution < -0.4 is 25.5 Å². The molecule has 0 bridgehead atoms. The predicted molar refractivity (Wildman–Crippen MR) is 171 cm³/mol. The molecule has 0 aliphatic heterocycles. The number of hydrogen-bond donors (Lipinski definition) is 3. The summed E-state index contributed by atoms with van der Waals surface area (Å²) in [6.45, 7) is -0.242. The fourth-order valence-corrected chi connectivity index (χ4v) is 4.91. The van der Waals surface area contributed by atoms with Gasteiger partial charge in [-0.15, -0.1) is 11.3 Å². The van der Waals surface area contributed by atoms with Crippen molar-refractivity contribution in [2.45, 2.75) is 0 Å². The van der Waals surface area contributed by atoms with Gasteiger partial charge in [0.1, 0.15) is 11.5 Å². The van der Waals surface area contributed by atoms with Gasteiger partial charge in [-0.3, -0.25) is 9.59 Å². The van der Waals surface area contributed by atoms with E-state index >= 15 is 0 Å². The molecular formula is C32H26ClN5O4S. The van der Waals surface area contributed by atoms with Crippen LogP contribution >= 0.6 is 22.9 Å². The first kappa shape index (κ1) is 29.3. The lowest BCUT2D eigenvalue weighted by atomic mass is 10.1. The first-order valence-corrected chi connectivity index (χ1v) is 14.3. The van der Waals surface area contributed by atoms with Gasteiger partial charge in [-0.1, -0.05) is 54.1 Å². The van der Waals surface area contributed by atoms with Crippen LogP contribution in [0.15, 0.2) is 108 Å². The number of rotatable bonds is 11. The molecule has 3 N–H and O–H groups in total. The number of hydrazone groups is 1. The monoisotopic (exact) mass is 611 g/mol. The van der Waals surface area contributed by atoms with Crippen LogP contribution in [-0.4, -0.2) is 36.7 Å². The summed E-state index contributed by atoms with van der Waals surface area (Å²) in [6.07, 6.45) is 1.47. The van der Waals surface area contributed by atoms with Gasteiger partial charge in [0.05, 0.1) is 29.7 Å². The van der Waals surface area contributed by atoms with Gasteiger partial charge in [-0.2, -0.15) is 5.10 Å². The quantitative estimate of drug-likeness (QED) is 0.109. The average molecular weight is 612 g/mol. The highest BCUT2D eigenvalue weighted by Gasteiger charge is 2.11. The van der Waals surface area contributed by atoms with Crippen LogP contribution in [0.4, 0.5) is 16.5 Å². The Labute approximate surface area is 257 Å². The second-order valence-electron chi connectivity index (χ2n) is 9.03. The lowest BCUT2D eigenvalue weighted by Gasteiger charge is -2.11. The number of anilines is 3. The maximum atomic E-state index is 12.6. The fourth-order valence-electron chi connectivity index (χ4n) is 3.92. The van der Waals surface area contributed by atoms with E-state index in [9.17, 15) is 9.59 Å². The van der Waals surface area contributed by atoms with Gasteiger partial charge in [0.15, 0.2) is 11.7 Å². The van der Waals surface area contributed by atoms with Gasteiger partial charge in [-0.05, 0) is 60.2 Å². The molecule has 9 nitrogen and oxygen atoms in total. The second kappa shape index (κ2) is 14.1. The Kier molecular flexibility index (Phi) is 9.63. The predicted octanol–water partition coefficient (Wildman–Crippen LogP) is 7.00. The molecule has 5 aromatic rings. The molecule has 4 aromatic carbocycles. The van der Waals surface area contributed by atoms with E-state index in [1.807, 2.05) is 53.9 Å². The van der Waals surface area contributed by atoms with E-state index in [0.717, 1.165) is 22.1 Å². The largest absolute Gasteiger partial charge is 0.495 e. The van der Waals surface area contributed by atoms with Gasteiger partial charge in [0.25, 0.3) is 11.8 Å². The number of ether oxygens (including phenoxy) is 2. The zero-order chi connectivity index (χ0) is 30.0. The van der Waals surface area contributed by atoms with Crippen LogP contribution in [0.3, 0.4) is 0 Å². The summed E-state index contributed by atoms with van der Waals surface area (Å²) in [6, 6.07) is 29.0. The van der Waals surface area contributed by atoms with Gasteiger partial charge in [-0.25, -0.2) is 10.4 Å². The molecule has 0 unspecified atom stereocenters. The summed E-state index contributed by atoms with van der Waals surface area (Å²) < 4.78 is 10.8. The smallest absolute Gasteiger partial charge is 0.271 e. The van der Waals surface area contributed by atoms with E-state index in [-0.39, 0.29) is 18.4 Å². The average Bonchev–Trinajstić information content (AvgIpc) is 3.50. The summed E-state index contributed by atoms with van der Waals surface area (Å²) in [5.74, 6) is 0.155. The number of aromatic nitrogens is 1. The molecule has 0 saturated heterocycles. The number of halogens is 1. The number of carbonyl (C=O) groups is 2. The highest BCUT2D eigenvalue weighted by molar-refractivity contribution is 7.14. The molecule has 0 spiro atoms. The Bertz CT molecular complexity index is 1740. The summed E-state index contributed by atoms with van der Waals surface area (Å²) in [5, 5.41) is 13.1. The topological polar surface area (TPSA) is 114 Å². The molecule has 11 heteroatoms. The van der Waals surface area contributed by atoms with Crippen molar-refractivity contribution >= 4 is 57.5 Å². The molecule has 0 aliphatic carbocycles. The summed E-state index contributed by atoms with van der Waals surface area (Å²) in [5.41, 5.74) is 6.82. The number of nitrogens with one attached hydrogen (secondary N) is 3. The van der Waals surface area contributed by atoms with E-state index in [0.29, 0.717) is 33.3 Å². The molecular weight excluding hydrogens is 586 g/mol. The third-order valence-corrected chi connectivity index (χ3v) is 7.10. The minimum absolute atomic E-state index is 0.242. The van der Waals surface area contributed by atoms with Crippen LogP contribution in [0.2, 0.25) is 5.02 Å². The first-order chi connectivity index (χ1) is 21.0. The van der Waals surface area contributed by atoms with Crippen molar-refractivity contribution in [2.75, 3.05) is 24.4 Å². The Morgan fingerprint density at radius 2 is 1.72 bits per heavy atom. The van der Waals surface area contributed by atoms with Crippen LogP contribution in [0.25, 0.3) is 11.3 Å². The molecule has 5 rings (SSSR count). The standard InChI is InChI=1S/C32H26ClN5O4S/c1-41-29-10-6-5-9-26(29)36-30(39)19-42-28-16-11-21(17-25(28)33)18-34-38-31(40)23-14-12-22(13-15-23)27-20-43-32(37-27)35-24-7-3-2-4-8-24/h2-18,20H,19H2,1H3,(H,35,37)(H,36,39)(H,38,40)/b34-18+. The number of nitrogens with zero attached hydrogens (tertiary/aromatic N) is 2. The highest BCUT2D eigenvalue weighted by atomic mass is 35.5. The maximum Gasteiger partial charge on any atom is 0.271 e. The molecule has 0 fully saturated rings. The number of carbonyl (C=O) groups excluding carboxylic acids is 2. The zero-order valence-corrected chi connectivity index (χ0v) is 24.5. The minimum atomic E-state index is -0.363. The number of thiazole rings is 1. The van der Waals surface area contributed by atoms with Crippen molar-refractivity contribution < 1.29 is 19.1 Å². The Balaban J connectivity index is 1.11. The van der Waals surface area contributed by atoms with Crippen LogP contribution in [-0.2, 0) is 4.79 Å². The van der Waals surface area contributed by atoms with Crippen molar-refractivity contribution in [1.82, 2.24) is 10.4 Å². The van der Waals surface area contributed by atoms with Crippen LogP contribution in [0.1, 0.15) is 15.9 Å². The third kappa shape index (κ3) is 7.97. The van der Waals surface area contributed by atoms with Crippen LogP contribution in [0, 0.1) is 0 Å². The summed E-state index contributed by atoms with van der Waals surface area (Å²) in [7, 11) is 1.53. The lowest BCUT2D eigenvalue weighted by molar-refractivity contribution is -0.118. The van der Waals surface area contributed by atoms with Crippen molar-refractivity contribution in [3.63, 3.8) is 0 Å². The third-order valence-electron chi connectivity index (χ3n) is 6.05. The molecule has 1 aromatic heterocycles. The maximum absolute atomic E-state index is 12.6. The molecule has 0 saturated carbocycles. The summed E-state index contributed by atoms with van der Waals surface area (Å²) >= 11 is 7.84. The van der Waals surface area contributed by atoms with Gasteiger partial charge in [0.2, 0.25) is 0 Å². The van der Waals surface area contributed by atoms with E-state index in [2.05, 4.69) is 26.1 Å². The highest BCUT2D eigenvalue weighted by Crippen LogP contribution is 2.28. The lowest BCUT2D eigenvalue weighted by Crippen LogP contribution is -2.20. The molecule has 2 amide bonds. The van der Waals surface area contributed by atoms with Crippen molar-refractivity contribution in [3.05, 3.63) is 119 Å². The number of para-hydroxylation sites is 3. The SMILES string of the molecule is COc1ccccc1NC(=O)COc1ccc(/C=N/NC(=O)c2ccc(-c3csc(Nc4ccccc4)n3)cc2)cc1Cl. The number of hydrogen-bond acceptors (Lipinski definition) is 8. The van der Waals surface area contributed by atoms with E-state index in [4.69, 9.17) is 21.1 Å². The molecule has 0 atom stereocenters. The van der Waals surface area contributed by atoms with Crippen molar-refractivity contribution in [2.24, 2.45) is 5.10 Å². The Morgan fingerprint density at radius 3 is 2.49 bits per heavy atom. The van der Waals surface area contributed by atoms with Gasteiger partial charge >= 0.3 is 0 Å². The molecule has 43 heavy (non-hydrogen) atoms. The van der Waals surface area contributed by atoms with Crippen molar-refractivity contribution in [3.8, 4) is 22.8 Å². The minimum Gasteiger partial charge on any atom is -0.495 e. The van der Waals surface area contributed by atoms with Crippen LogP contribution in [0.5, 0.6) is 11.5 Å². The second-order valence-corrected chi connectivity index (χ2v) is 10.3. The molecule has 0 radical (unpaired) electrons. The zero-order valence-electron chi connectivity index (χ0n) is 22.9. The molecule has 216 valence electrons. The van der Waals surface area contributed by atoms with Gasteiger partial charge in [0, 0.05) is 22.2 Å². The number of amides is 2. The number of benzene rings is 4. The van der Waals surface area contributed by atoms with Crippen molar-refractivity contribution in [1.29, 1.82) is 0 Å². The number of methoxy groups -OCH3 is 1. The molecule has 1 heterocycles. The summed E-state index contributed by atoms with van der Waals surface area (Å²) in [4.78, 5) is 29.5. The van der Waals surface area contributed by atoms with E-state index in [1.54, 1.807) is 48.5 Å². The van der Waals surface area contributed by atoms with Gasteiger partial charge < -0.3 is 20.1 Å². The van der Waals surface area contributed by atoms with E-state index < -0.39 is 0 Å². The Hall–Kier alpha value is -5.19. The molecule has 0 aliphatic rings. The normalized spacial score (nSPS) is 10.7.